The molecule has 0 saturated heterocycles. The molecule has 0 radical (unpaired) electrons. The van der Waals surface area contributed by atoms with Gasteiger partial charge < -0.3 is 15.2 Å². The number of hydrogen-bond acceptors (Lipinski definition) is 3. The fourth-order valence-corrected chi connectivity index (χ4v) is 1.88. The van der Waals surface area contributed by atoms with Crippen LogP contribution in [0.5, 0.6) is 11.5 Å². The third-order valence-electron chi connectivity index (χ3n) is 2.31. The molecule has 2 rings (SSSR count). The summed E-state index contributed by atoms with van der Waals surface area (Å²) < 4.78 is 60.3. The Morgan fingerprint density at radius 2 is 1.63 bits per heavy atom. The number of benzene rings is 1. The van der Waals surface area contributed by atoms with Crippen LogP contribution in [0.3, 0.4) is 0 Å². The van der Waals surface area contributed by atoms with Crippen molar-refractivity contribution in [2.24, 2.45) is 5.73 Å². The van der Waals surface area contributed by atoms with E-state index in [-0.39, 0.29) is 6.54 Å². The van der Waals surface area contributed by atoms with Crippen LogP contribution in [0.1, 0.15) is 5.56 Å². The van der Waals surface area contributed by atoms with Gasteiger partial charge in [-0.25, -0.2) is 0 Å². The number of rotatable bonds is 2. The molecular formula is C11H8BrF4NO2. The molecule has 1 aliphatic heterocycles. The van der Waals surface area contributed by atoms with E-state index in [9.17, 15) is 17.6 Å². The van der Waals surface area contributed by atoms with Crippen LogP contribution in [-0.4, -0.2) is 18.8 Å². The van der Waals surface area contributed by atoms with Gasteiger partial charge in [0, 0.05) is 11.0 Å². The first-order valence-corrected chi connectivity index (χ1v) is 5.90. The predicted molar refractivity (Wildman–Crippen MR) is 63.4 cm³/mol. The summed E-state index contributed by atoms with van der Waals surface area (Å²) in [5.41, 5.74) is 5.72. The topological polar surface area (TPSA) is 44.5 Å². The molecule has 1 aromatic rings. The second-order valence-corrected chi connectivity index (χ2v) is 4.55. The monoisotopic (exact) mass is 341 g/mol. The van der Waals surface area contributed by atoms with Crippen LogP contribution in [-0.2, 0) is 0 Å². The number of alkyl halides is 4. The molecular weight excluding hydrogens is 334 g/mol. The van der Waals surface area contributed by atoms with Gasteiger partial charge in [0.25, 0.3) is 0 Å². The molecule has 2 N–H and O–H groups in total. The molecule has 1 aliphatic rings. The molecule has 0 fully saturated rings. The zero-order valence-corrected chi connectivity index (χ0v) is 10.9. The van der Waals surface area contributed by atoms with Crippen molar-refractivity contribution in [2.75, 3.05) is 6.54 Å². The van der Waals surface area contributed by atoms with Gasteiger partial charge in [0.15, 0.2) is 11.5 Å². The zero-order valence-electron chi connectivity index (χ0n) is 9.30. The highest BCUT2D eigenvalue weighted by Crippen LogP contribution is 2.48. The quantitative estimate of drug-likeness (QED) is 0.838. The highest BCUT2D eigenvalue weighted by atomic mass is 79.9. The summed E-state index contributed by atoms with van der Waals surface area (Å²) >= 11 is 3.11. The van der Waals surface area contributed by atoms with Crippen LogP contribution in [0.15, 0.2) is 22.7 Å². The molecule has 104 valence electrons. The Morgan fingerprint density at radius 3 is 2.16 bits per heavy atom. The molecule has 1 aromatic carbocycles. The summed E-state index contributed by atoms with van der Waals surface area (Å²) in [5.74, 6) is -0.927. The number of fused-ring (bicyclic) bond motifs is 1. The normalized spacial score (nSPS) is 19.7. The first-order chi connectivity index (χ1) is 8.77. The number of halogens is 5. The van der Waals surface area contributed by atoms with E-state index >= 15 is 0 Å². The summed E-state index contributed by atoms with van der Waals surface area (Å²) in [6.45, 7) is 0.245. The molecule has 3 nitrogen and oxygen atoms in total. The van der Waals surface area contributed by atoms with Gasteiger partial charge in [-0.1, -0.05) is 28.1 Å². The fraction of sp³-hybridized carbons (Fsp3) is 0.273. The van der Waals surface area contributed by atoms with E-state index in [0.29, 0.717) is 10.0 Å². The van der Waals surface area contributed by atoms with Crippen molar-refractivity contribution in [1.82, 2.24) is 0 Å². The Bertz CT molecular complexity index is 534. The minimum Gasteiger partial charge on any atom is -0.421 e. The summed E-state index contributed by atoms with van der Waals surface area (Å²) in [5, 5.41) is 0. The van der Waals surface area contributed by atoms with Crippen LogP contribution in [0, 0.1) is 0 Å². The first kappa shape index (κ1) is 14.1. The zero-order chi connectivity index (χ0) is 14.3. The van der Waals surface area contributed by atoms with Crippen molar-refractivity contribution in [3.05, 3.63) is 28.2 Å². The Morgan fingerprint density at radius 1 is 1.11 bits per heavy atom. The lowest BCUT2D eigenvalue weighted by molar-refractivity contribution is -0.391. The third kappa shape index (κ3) is 2.55. The molecule has 0 aromatic heterocycles. The van der Waals surface area contributed by atoms with E-state index in [2.05, 4.69) is 25.4 Å². The van der Waals surface area contributed by atoms with Crippen LogP contribution in [0.2, 0.25) is 0 Å². The number of ether oxygens (including phenoxy) is 2. The Hall–Kier alpha value is -1.28. The molecule has 0 atom stereocenters. The molecule has 0 unspecified atom stereocenters. The van der Waals surface area contributed by atoms with Crippen LogP contribution in [0.4, 0.5) is 17.6 Å². The highest BCUT2D eigenvalue weighted by molar-refractivity contribution is 9.10. The first-order valence-electron chi connectivity index (χ1n) is 5.10. The summed E-state index contributed by atoms with van der Waals surface area (Å²) in [7, 11) is 0. The van der Waals surface area contributed by atoms with Gasteiger partial charge >= 0.3 is 12.2 Å². The molecule has 8 heteroatoms. The lowest BCUT2D eigenvalue weighted by atomic mass is 10.1. The maximum atomic E-state index is 13.0. The average Bonchev–Trinajstić information content (AvgIpc) is 2.28. The van der Waals surface area contributed by atoms with E-state index in [1.165, 1.54) is 0 Å². The van der Waals surface area contributed by atoms with Crippen LogP contribution >= 0.6 is 15.9 Å². The van der Waals surface area contributed by atoms with Crippen molar-refractivity contribution in [2.45, 2.75) is 12.2 Å². The smallest absolute Gasteiger partial charge is 0.421 e. The van der Waals surface area contributed by atoms with E-state index in [4.69, 9.17) is 5.73 Å². The van der Waals surface area contributed by atoms with Gasteiger partial charge in [-0.15, -0.1) is 0 Å². The van der Waals surface area contributed by atoms with Crippen molar-refractivity contribution < 1.29 is 27.0 Å². The third-order valence-corrected chi connectivity index (χ3v) is 3.00. The van der Waals surface area contributed by atoms with E-state index in [1.54, 1.807) is 12.2 Å². The molecule has 0 aliphatic carbocycles. The van der Waals surface area contributed by atoms with Gasteiger partial charge in [0.2, 0.25) is 0 Å². The Labute approximate surface area is 114 Å². The van der Waals surface area contributed by atoms with E-state index < -0.39 is 23.7 Å². The second-order valence-electron chi connectivity index (χ2n) is 3.70. The van der Waals surface area contributed by atoms with E-state index in [1.807, 2.05) is 0 Å². The minimum absolute atomic E-state index is 0.245. The van der Waals surface area contributed by atoms with Crippen LogP contribution in [0.25, 0.3) is 6.08 Å². The predicted octanol–water partition coefficient (Wildman–Crippen LogP) is 3.38. The summed E-state index contributed by atoms with van der Waals surface area (Å²) in [6, 6.07) is 2.30. The maximum Gasteiger partial charge on any atom is 0.507 e. The molecule has 19 heavy (non-hydrogen) atoms. The summed E-state index contributed by atoms with van der Waals surface area (Å²) in [4.78, 5) is 0. The highest BCUT2D eigenvalue weighted by Gasteiger charge is 2.65. The fourth-order valence-electron chi connectivity index (χ4n) is 1.43. The van der Waals surface area contributed by atoms with Gasteiger partial charge in [-0.05, 0) is 17.7 Å². The maximum absolute atomic E-state index is 13.0. The van der Waals surface area contributed by atoms with Crippen molar-refractivity contribution in [1.29, 1.82) is 0 Å². The van der Waals surface area contributed by atoms with Gasteiger partial charge in [0.05, 0.1) is 0 Å². The number of nitrogens with two attached hydrogens (primary N) is 1. The standard InChI is InChI=1S/C11H8BrF4NO2/c12-7-5-9-8(4-6(7)2-1-3-17)18-10(13,14)11(15,16)19-9/h1-2,4-5H,3,17H2/b2-1+. The largest absolute Gasteiger partial charge is 0.507 e. The van der Waals surface area contributed by atoms with Crippen LogP contribution < -0.4 is 15.2 Å². The minimum atomic E-state index is -4.72. The van der Waals surface area contributed by atoms with Gasteiger partial charge in [-0.3, -0.25) is 0 Å². The van der Waals surface area contributed by atoms with Gasteiger partial charge in [-0.2, -0.15) is 17.6 Å². The van der Waals surface area contributed by atoms with Crippen molar-refractivity contribution >= 4 is 22.0 Å². The SMILES string of the molecule is NC/C=C/c1cc2c(cc1Br)OC(F)(F)C(F)(F)O2. The van der Waals surface area contributed by atoms with Gasteiger partial charge in [0.1, 0.15) is 0 Å². The van der Waals surface area contributed by atoms with E-state index in [0.717, 1.165) is 12.1 Å². The molecule has 0 saturated carbocycles. The average molecular weight is 342 g/mol. The number of hydrogen-bond donors (Lipinski definition) is 1. The van der Waals surface area contributed by atoms with Crippen molar-refractivity contribution in [3.8, 4) is 11.5 Å². The Balaban J connectivity index is 2.45. The Kier molecular flexibility index (Phi) is 3.48. The molecule has 0 bridgehead atoms. The summed E-state index contributed by atoms with van der Waals surface area (Å²) in [6.07, 6.45) is -6.32. The second kappa shape index (κ2) is 4.68. The lowest BCUT2D eigenvalue weighted by Crippen LogP contribution is -2.52. The molecule has 1 heterocycles. The molecule has 0 spiro atoms. The van der Waals surface area contributed by atoms with Crippen molar-refractivity contribution in [3.63, 3.8) is 0 Å². The lowest BCUT2D eigenvalue weighted by Gasteiger charge is -2.32. The molecule has 0 amide bonds.